The zero-order chi connectivity index (χ0) is 45.4. The Hall–Kier alpha value is -9.39. The van der Waals surface area contributed by atoms with Gasteiger partial charge in [0.15, 0.2) is 11.6 Å². The van der Waals surface area contributed by atoms with Gasteiger partial charge in [-0.2, -0.15) is 9.97 Å². The van der Waals surface area contributed by atoms with Crippen LogP contribution >= 0.6 is 0 Å². The van der Waals surface area contributed by atoms with E-state index in [9.17, 15) is 0 Å². The molecule has 0 saturated carbocycles. The highest BCUT2D eigenvalue weighted by atomic mass is 15.2. The summed E-state index contributed by atoms with van der Waals surface area (Å²) >= 11 is 0. The first kappa shape index (κ1) is 38.8. The first-order chi connectivity index (χ1) is 34.2. The third-order valence-corrected chi connectivity index (χ3v) is 13.7. The fraction of sp³-hybridized carbons (Fsp3) is 0. The molecule has 14 rings (SSSR count). The fourth-order valence-corrected chi connectivity index (χ4v) is 10.6. The van der Waals surface area contributed by atoms with Crippen LogP contribution in [-0.4, -0.2) is 28.7 Å². The van der Waals surface area contributed by atoms with Gasteiger partial charge >= 0.3 is 0 Å². The van der Waals surface area contributed by atoms with E-state index in [4.69, 9.17) is 15.0 Å². The van der Waals surface area contributed by atoms with Crippen molar-refractivity contribution in [1.82, 2.24) is 28.7 Å². The summed E-state index contributed by atoms with van der Waals surface area (Å²) in [5.41, 5.74) is 15.1. The molecule has 0 bridgehead atoms. The number of rotatable bonds is 7. The molecule has 4 heterocycles. The standard InChI is InChI=1S/C63H40N6/c1-5-19-41(20-6-1)44-33-35-47(42-21-7-2-8-22-42)57(37-44)68-55-31-17-14-28-49(55)52-39-53-50-29-15-18-32-56(50)69(60(53)40-59(52)68)63-65-61(43-23-9-3-10-24-43)64-62(66-63)45-34-36-51-48-27-13-16-30-54(48)67(58(51)38-45)46-25-11-4-12-26-46/h1-40H. The number of hydrogen-bond acceptors (Lipinski definition) is 3. The largest absolute Gasteiger partial charge is 0.309 e. The van der Waals surface area contributed by atoms with Crippen LogP contribution in [0.3, 0.4) is 0 Å². The third-order valence-electron chi connectivity index (χ3n) is 13.7. The summed E-state index contributed by atoms with van der Waals surface area (Å²) in [4.78, 5) is 16.1. The lowest BCUT2D eigenvalue weighted by Crippen LogP contribution is -2.06. The van der Waals surface area contributed by atoms with Crippen molar-refractivity contribution >= 4 is 65.4 Å². The maximum absolute atomic E-state index is 5.46. The van der Waals surface area contributed by atoms with Crippen LogP contribution in [0, 0.1) is 0 Å². The predicted molar refractivity (Wildman–Crippen MR) is 285 cm³/mol. The molecule has 6 nitrogen and oxygen atoms in total. The highest BCUT2D eigenvalue weighted by Crippen LogP contribution is 2.43. The zero-order valence-electron chi connectivity index (χ0n) is 37.3. The Bertz CT molecular complexity index is 4280. The Morgan fingerprint density at radius 3 is 1.36 bits per heavy atom. The maximum Gasteiger partial charge on any atom is 0.238 e. The molecule has 6 heteroatoms. The molecule has 0 N–H and O–H groups in total. The van der Waals surface area contributed by atoms with Crippen LogP contribution < -0.4 is 0 Å². The second-order valence-corrected chi connectivity index (χ2v) is 17.6. The number of benzene rings is 10. The SMILES string of the molecule is c1ccc(-c2ccc(-c3ccccc3)c(-n3c4ccccc4c4cc5c6ccccc6n(-c6nc(-c7ccccc7)nc(-c7ccc8c9ccccc9n(-c9ccccc9)c8c7)n6)c5cc43)c2)cc1. The molecule has 322 valence electrons. The molecule has 10 aromatic carbocycles. The highest BCUT2D eigenvalue weighted by Gasteiger charge is 2.23. The van der Waals surface area contributed by atoms with Gasteiger partial charge in [-0.05, 0) is 71.3 Å². The van der Waals surface area contributed by atoms with Crippen molar-refractivity contribution in [2.24, 2.45) is 0 Å². The number of hydrogen-bond donors (Lipinski definition) is 0. The fourth-order valence-electron chi connectivity index (χ4n) is 10.6. The smallest absolute Gasteiger partial charge is 0.238 e. The quantitative estimate of drug-likeness (QED) is 0.160. The van der Waals surface area contributed by atoms with E-state index in [1.807, 2.05) is 18.2 Å². The van der Waals surface area contributed by atoms with Crippen molar-refractivity contribution in [3.63, 3.8) is 0 Å². The van der Waals surface area contributed by atoms with Gasteiger partial charge in [0.1, 0.15) is 0 Å². The van der Waals surface area contributed by atoms with Crippen LogP contribution in [-0.2, 0) is 0 Å². The summed E-state index contributed by atoms with van der Waals surface area (Å²) < 4.78 is 7.03. The van der Waals surface area contributed by atoms with Crippen molar-refractivity contribution in [2.75, 3.05) is 0 Å². The van der Waals surface area contributed by atoms with Crippen molar-refractivity contribution < 1.29 is 0 Å². The minimum atomic E-state index is 0.548. The number of para-hydroxylation sites is 4. The molecule has 0 saturated heterocycles. The van der Waals surface area contributed by atoms with Crippen LogP contribution in [0.1, 0.15) is 0 Å². The van der Waals surface area contributed by atoms with Gasteiger partial charge in [-0.25, -0.2) is 4.98 Å². The van der Waals surface area contributed by atoms with E-state index in [0.29, 0.717) is 17.6 Å². The minimum absolute atomic E-state index is 0.548. The van der Waals surface area contributed by atoms with Gasteiger partial charge in [0.2, 0.25) is 5.95 Å². The lowest BCUT2D eigenvalue weighted by atomic mass is 9.98. The average Bonchev–Trinajstić information content (AvgIpc) is 4.05. The molecule has 0 radical (unpaired) electrons. The molecule has 0 atom stereocenters. The summed E-state index contributed by atoms with van der Waals surface area (Å²) in [5.74, 6) is 1.74. The predicted octanol–water partition coefficient (Wildman–Crippen LogP) is 15.8. The van der Waals surface area contributed by atoms with Gasteiger partial charge in [-0.15, -0.1) is 0 Å². The number of nitrogens with zero attached hydrogens (tertiary/aromatic N) is 6. The molecule has 4 aromatic heterocycles. The lowest BCUT2D eigenvalue weighted by Gasteiger charge is -2.16. The third kappa shape index (κ3) is 6.23. The van der Waals surface area contributed by atoms with E-state index in [0.717, 1.165) is 83.1 Å². The van der Waals surface area contributed by atoms with Gasteiger partial charge in [-0.3, -0.25) is 4.57 Å². The van der Waals surface area contributed by atoms with Gasteiger partial charge < -0.3 is 9.13 Å². The summed E-state index contributed by atoms with van der Waals surface area (Å²) in [5, 5.41) is 6.97. The molecular weight excluding hydrogens is 841 g/mol. The van der Waals surface area contributed by atoms with Crippen LogP contribution in [0.5, 0.6) is 0 Å². The highest BCUT2D eigenvalue weighted by molar-refractivity contribution is 6.19. The first-order valence-corrected chi connectivity index (χ1v) is 23.4. The number of aromatic nitrogens is 6. The molecule has 69 heavy (non-hydrogen) atoms. The Morgan fingerprint density at radius 1 is 0.246 bits per heavy atom. The Labute approximate surface area is 397 Å². The Morgan fingerprint density at radius 2 is 0.710 bits per heavy atom. The van der Waals surface area contributed by atoms with Crippen molar-refractivity contribution in [2.45, 2.75) is 0 Å². The minimum Gasteiger partial charge on any atom is -0.309 e. The van der Waals surface area contributed by atoms with E-state index < -0.39 is 0 Å². The molecule has 0 aliphatic heterocycles. The zero-order valence-corrected chi connectivity index (χ0v) is 37.3. The topological polar surface area (TPSA) is 53.5 Å². The van der Waals surface area contributed by atoms with E-state index >= 15 is 0 Å². The molecule has 0 amide bonds. The summed E-state index contributed by atoms with van der Waals surface area (Å²) in [6.07, 6.45) is 0. The van der Waals surface area contributed by atoms with Crippen molar-refractivity contribution in [1.29, 1.82) is 0 Å². The summed E-state index contributed by atoms with van der Waals surface area (Å²) in [6, 6.07) is 86.4. The van der Waals surface area contributed by atoms with Crippen LogP contribution in [0.4, 0.5) is 0 Å². The van der Waals surface area contributed by atoms with Gasteiger partial charge in [-0.1, -0.05) is 188 Å². The van der Waals surface area contributed by atoms with Crippen molar-refractivity contribution in [3.05, 3.63) is 243 Å². The second kappa shape index (κ2) is 15.6. The van der Waals surface area contributed by atoms with Gasteiger partial charge in [0.25, 0.3) is 0 Å². The molecule has 0 fully saturated rings. The molecular formula is C63H40N6. The maximum atomic E-state index is 5.46. The normalized spacial score (nSPS) is 11.8. The van der Waals surface area contributed by atoms with Crippen molar-refractivity contribution in [3.8, 4) is 62.4 Å². The molecule has 14 aromatic rings. The monoisotopic (exact) mass is 880 g/mol. The lowest BCUT2D eigenvalue weighted by molar-refractivity contribution is 0.953. The second-order valence-electron chi connectivity index (χ2n) is 17.6. The molecule has 0 unspecified atom stereocenters. The Balaban J connectivity index is 1.05. The van der Waals surface area contributed by atoms with Crippen LogP contribution in [0.15, 0.2) is 243 Å². The molecule has 0 aliphatic carbocycles. The van der Waals surface area contributed by atoms with Crippen LogP contribution in [0.2, 0.25) is 0 Å². The van der Waals surface area contributed by atoms with E-state index in [2.05, 4.69) is 238 Å². The molecule has 0 aliphatic rings. The Kier molecular flexibility index (Phi) is 8.79. The van der Waals surface area contributed by atoms with Crippen LogP contribution in [0.25, 0.3) is 128 Å². The van der Waals surface area contributed by atoms with E-state index in [1.54, 1.807) is 0 Å². The molecule has 0 spiro atoms. The van der Waals surface area contributed by atoms with Gasteiger partial charge in [0, 0.05) is 54.7 Å². The first-order valence-electron chi connectivity index (χ1n) is 23.4. The summed E-state index contributed by atoms with van der Waals surface area (Å²) in [7, 11) is 0. The van der Waals surface area contributed by atoms with Gasteiger partial charge in [0.05, 0.1) is 38.8 Å². The average molecular weight is 881 g/mol. The summed E-state index contributed by atoms with van der Waals surface area (Å²) in [6.45, 7) is 0. The van der Waals surface area contributed by atoms with E-state index in [-0.39, 0.29) is 0 Å². The van der Waals surface area contributed by atoms with E-state index in [1.165, 1.54) is 27.1 Å². The number of fused-ring (bicyclic) bond motifs is 9.